The van der Waals surface area contributed by atoms with E-state index in [1.807, 2.05) is 79.7 Å². The molecule has 8 nitrogen and oxygen atoms in total. The van der Waals surface area contributed by atoms with Crippen molar-refractivity contribution < 1.29 is 24.2 Å². The summed E-state index contributed by atoms with van der Waals surface area (Å²) in [4.78, 5) is 43.9. The molecule has 3 heterocycles. The van der Waals surface area contributed by atoms with Crippen LogP contribution in [0.15, 0.2) is 72.8 Å². The number of carbonyl (C=O) groups excluding carboxylic acids is 3. The van der Waals surface area contributed by atoms with Crippen molar-refractivity contribution in [2.24, 2.45) is 17.8 Å². The fourth-order valence-corrected chi connectivity index (χ4v) is 7.62. The molecule has 0 aromatic heterocycles. The maximum Gasteiger partial charge on any atom is 0.250 e. The van der Waals surface area contributed by atoms with Crippen LogP contribution in [-0.4, -0.2) is 58.1 Å². The minimum absolute atomic E-state index is 0.0284. The molecule has 1 spiro atoms. The molecular formula is C34H39N3O5. The first-order chi connectivity index (χ1) is 20.3. The second-order valence-electron chi connectivity index (χ2n) is 12.3. The number of aliphatic hydroxyl groups excluding tert-OH is 1. The predicted octanol–water partition coefficient (Wildman–Crippen LogP) is 4.27. The number of fused-ring (bicyclic) bond motifs is 2. The van der Waals surface area contributed by atoms with Crippen LogP contribution in [-0.2, 0) is 25.7 Å². The van der Waals surface area contributed by atoms with Crippen molar-refractivity contribution in [3.05, 3.63) is 78.4 Å². The number of nitrogens with zero attached hydrogens (tertiary/aromatic N) is 1. The summed E-state index contributed by atoms with van der Waals surface area (Å²) in [5.41, 5.74) is -0.349. The number of benzene rings is 3. The van der Waals surface area contributed by atoms with Gasteiger partial charge in [-0.2, -0.15) is 0 Å². The largest absolute Gasteiger partial charge is 0.396 e. The van der Waals surface area contributed by atoms with Crippen LogP contribution in [0, 0.1) is 17.8 Å². The molecule has 42 heavy (non-hydrogen) atoms. The molecule has 3 aliphatic heterocycles. The zero-order valence-electron chi connectivity index (χ0n) is 24.2. The number of likely N-dealkylation sites (tertiary alicyclic amines) is 1. The van der Waals surface area contributed by atoms with Gasteiger partial charge in [-0.05, 0) is 67.0 Å². The molecule has 2 bridgehead atoms. The van der Waals surface area contributed by atoms with E-state index < -0.39 is 29.1 Å². The summed E-state index contributed by atoms with van der Waals surface area (Å²) in [5.74, 6) is -2.21. The van der Waals surface area contributed by atoms with Gasteiger partial charge in [0.1, 0.15) is 11.6 Å². The van der Waals surface area contributed by atoms with Crippen molar-refractivity contribution in [3.8, 4) is 0 Å². The van der Waals surface area contributed by atoms with E-state index in [2.05, 4.69) is 17.6 Å². The average Bonchev–Trinajstić information content (AvgIpc) is 3.50. The lowest BCUT2D eigenvalue weighted by molar-refractivity contribution is -0.146. The van der Waals surface area contributed by atoms with E-state index in [9.17, 15) is 19.5 Å². The van der Waals surface area contributed by atoms with Crippen molar-refractivity contribution in [1.29, 1.82) is 0 Å². The first-order valence-corrected chi connectivity index (χ1v) is 15.0. The van der Waals surface area contributed by atoms with Gasteiger partial charge in [0.25, 0.3) is 0 Å². The smallest absolute Gasteiger partial charge is 0.250 e. The third kappa shape index (κ3) is 4.67. The van der Waals surface area contributed by atoms with Gasteiger partial charge >= 0.3 is 0 Å². The van der Waals surface area contributed by atoms with Gasteiger partial charge in [0.15, 0.2) is 0 Å². The van der Waals surface area contributed by atoms with Gasteiger partial charge in [0.05, 0.1) is 17.4 Å². The fraction of sp³-hybridized carbons (Fsp3) is 0.441. The van der Waals surface area contributed by atoms with Crippen LogP contribution in [0.1, 0.15) is 45.1 Å². The first kappa shape index (κ1) is 28.4. The molecule has 3 saturated heterocycles. The Balaban J connectivity index is 1.32. The summed E-state index contributed by atoms with van der Waals surface area (Å²) in [6.07, 6.45) is 2.52. The van der Waals surface area contributed by atoms with Crippen LogP contribution in [0.4, 0.5) is 5.69 Å². The van der Waals surface area contributed by atoms with Gasteiger partial charge in [-0.1, -0.05) is 67.6 Å². The number of hydrogen-bond donors (Lipinski definition) is 3. The Labute approximate surface area is 246 Å². The summed E-state index contributed by atoms with van der Waals surface area (Å²) in [6.45, 7) is 4.77. The molecule has 8 heteroatoms. The molecule has 3 N–H and O–H groups in total. The maximum atomic E-state index is 14.3. The monoisotopic (exact) mass is 569 g/mol. The van der Waals surface area contributed by atoms with Gasteiger partial charge in [0, 0.05) is 25.4 Å². The van der Waals surface area contributed by atoms with Gasteiger partial charge < -0.3 is 25.4 Å². The Kier molecular flexibility index (Phi) is 7.53. The summed E-state index contributed by atoms with van der Waals surface area (Å²) in [5, 5.41) is 17.5. The van der Waals surface area contributed by atoms with E-state index in [1.165, 1.54) is 0 Å². The number of nitrogens with one attached hydrogen (secondary N) is 2. The molecule has 6 rings (SSSR count). The van der Waals surface area contributed by atoms with Crippen molar-refractivity contribution in [3.63, 3.8) is 0 Å². The second kappa shape index (κ2) is 11.2. The fourth-order valence-electron chi connectivity index (χ4n) is 7.62. The highest BCUT2D eigenvalue weighted by atomic mass is 16.5. The molecule has 3 aromatic carbocycles. The highest BCUT2D eigenvalue weighted by Gasteiger charge is 2.79. The standard InChI is InChI=1S/C34H39N3O5/c1-22-20-34-28(27(33(22,2)42-34)30(39)35-21-23-11-5-3-6-12-23)32(41)37(17-9-4-10-18-38)29(34)31(40)36-26-16-15-24-13-7-8-14-25(24)19-26/h3,5-8,11-16,19,22,27-29,38H,4,9-10,17-18,20-21H2,1-2H3,(H,35,39)(H,36,40)/t22?,27-,28-,29?,33+,34?/m0/s1. The summed E-state index contributed by atoms with van der Waals surface area (Å²) in [6, 6.07) is 22.5. The molecule has 6 atom stereocenters. The zero-order valence-corrected chi connectivity index (χ0v) is 24.2. The van der Waals surface area contributed by atoms with Crippen LogP contribution >= 0.6 is 0 Å². The minimum atomic E-state index is -1.10. The summed E-state index contributed by atoms with van der Waals surface area (Å²) >= 11 is 0. The molecule has 3 aliphatic rings. The molecule has 0 aliphatic carbocycles. The van der Waals surface area contributed by atoms with Crippen LogP contribution in [0.2, 0.25) is 0 Å². The second-order valence-corrected chi connectivity index (χ2v) is 12.3. The van der Waals surface area contributed by atoms with Crippen LogP contribution in [0.25, 0.3) is 10.8 Å². The lowest BCUT2D eigenvalue weighted by Crippen LogP contribution is -2.54. The number of amides is 3. The quantitative estimate of drug-likeness (QED) is 0.316. The van der Waals surface area contributed by atoms with Crippen molar-refractivity contribution in [1.82, 2.24) is 10.2 Å². The van der Waals surface area contributed by atoms with Gasteiger partial charge in [-0.3, -0.25) is 14.4 Å². The summed E-state index contributed by atoms with van der Waals surface area (Å²) in [7, 11) is 0. The van der Waals surface area contributed by atoms with Crippen molar-refractivity contribution in [2.75, 3.05) is 18.5 Å². The molecule has 0 saturated carbocycles. The third-order valence-electron chi connectivity index (χ3n) is 9.73. The Morgan fingerprint density at radius 2 is 1.71 bits per heavy atom. The molecule has 3 aromatic rings. The Morgan fingerprint density at radius 1 is 0.976 bits per heavy atom. The predicted molar refractivity (Wildman–Crippen MR) is 160 cm³/mol. The lowest BCUT2D eigenvalue weighted by Gasteiger charge is -2.36. The van der Waals surface area contributed by atoms with Crippen molar-refractivity contribution in [2.45, 2.75) is 63.3 Å². The van der Waals surface area contributed by atoms with Crippen LogP contribution < -0.4 is 10.6 Å². The zero-order chi connectivity index (χ0) is 29.5. The van der Waals surface area contributed by atoms with Gasteiger partial charge in [-0.25, -0.2) is 0 Å². The Bertz CT molecular complexity index is 1490. The van der Waals surface area contributed by atoms with E-state index in [1.54, 1.807) is 4.90 Å². The van der Waals surface area contributed by atoms with E-state index in [0.717, 1.165) is 22.8 Å². The summed E-state index contributed by atoms with van der Waals surface area (Å²) < 4.78 is 6.82. The van der Waals surface area contributed by atoms with E-state index >= 15 is 0 Å². The van der Waals surface area contributed by atoms with Gasteiger partial charge in [0.2, 0.25) is 17.7 Å². The number of carbonyl (C=O) groups is 3. The number of hydrogen-bond acceptors (Lipinski definition) is 5. The molecule has 3 unspecified atom stereocenters. The third-order valence-corrected chi connectivity index (χ3v) is 9.73. The highest BCUT2D eigenvalue weighted by molar-refractivity contribution is 6.04. The maximum absolute atomic E-state index is 14.3. The molecule has 3 amide bonds. The van der Waals surface area contributed by atoms with E-state index in [4.69, 9.17) is 4.74 Å². The normalized spacial score (nSPS) is 29.6. The Morgan fingerprint density at radius 3 is 2.48 bits per heavy atom. The van der Waals surface area contributed by atoms with Crippen LogP contribution in [0.3, 0.4) is 0 Å². The van der Waals surface area contributed by atoms with Gasteiger partial charge in [-0.15, -0.1) is 0 Å². The SMILES string of the molecule is CC1CC23O[C@@]1(C)[C@H](C(=O)NCc1ccccc1)[C@H]2C(=O)N(CCCCCO)C3C(=O)Nc1ccc2ccccc2c1. The number of unbranched alkanes of at least 4 members (excludes halogenated alkanes) is 2. The average molecular weight is 570 g/mol. The minimum Gasteiger partial charge on any atom is -0.396 e. The first-order valence-electron chi connectivity index (χ1n) is 15.0. The number of anilines is 1. The molecular weight excluding hydrogens is 530 g/mol. The molecule has 3 fully saturated rings. The van der Waals surface area contributed by atoms with Crippen molar-refractivity contribution >= 4 is 34.2 Å². The number of rotatable bonds is 10. The highest BCUT2D eigenvalue weighted by Crippen LogP contribution is 2.65. The lowest BCUT2D eigenvalue weighted by atomic mass is 9.62. The van der Waals surface area contributed by atoms with E-state index in [0.29, 0.717) is 38.0 Å². The number of aliphatic hydroxyl groups is 1. The van der Waals surface area contributed by atoms with Crippen LogP contribution in [0.5, 0.6) is 0 Å². The molecule has 220 valence electrons. The number of ether oxygens (including phenoxy) is 1. The van der Waals surface area contributed by atoms with E-state index in [-0.39, 0.29) is 30.2 Å². The molecule has 0 radical (unpaired) electrons. The Hall–Kier alpha value is -3.75. The topological polar surface area (TPSA) is 108 Å².